The van der Waals surface area contributed by atoms with Gasteiger partial charge in [-0.2, -0.15) is 0 Å². The number of carbonyl (C=O) groups excluding carboxylic acids is 1. The molecule has 0 aromatic heterocycles. The molecule has 1 N–H and O–H groups in total. The zero-order valence-electron chi connectivity index (χ0n) is 9.19. The molecule has 0 saturated carbocycles. The number of carbonyl (C=O) groups is 1. The second-order valence-electron chi connectivity index (χ2n) is 3.59. The second-order valence-corrected chi connectivity index (χ2v) is 3.59. The summed E-state index contributed by atoms with van der Waals surface area (Å²) in [5, 5.41) is 2.87. The molecule has 0 heterocycles. The van der Waals surface area contributed by atoms with E-state index in [9.17, 15) is 4.79 Å². The molecule has 82 valence electrons. The highest BCUT2D eigenvalue weighted by Crippen LogP contribution is 2.02. The van der Waals surface area contributed by atoms with Crippen molar-refractivity contribution in [3.63, 3.8) is 0 Å². The Labute approximate surface area is 90.4 Å². The Bertz CT molecular complexity index is 298. The number of amides is 1. The van der Waals surface area contributed by atoms with Gasteiger partial charge in [0.25, 0.3) is 0 Å². The summed E-state index contributed by atoms with van der Waals surface area (Å²) in [4.78, 5) is 11.2. The van der Waals surface area contributed by atoms with Crippen LogP contribution in [0.2, 0.25) is 0 Å². The molecule has 0 aliphatic rings. The van der Waals surface area contributed by atoms with Crippen LogP contribution in [0, 0.1) is 0 Å². The first-order valence-electron chi connectivity index (χ1n) is 5.04. The van der Waals surface area contributed by atoms with Gasteiger partial charge in [0.2, 0.25) is 5.91 Å². The molecule has 0 aliphatic heterocycles. The van der Waals surface area contributed by atoms with Crippen molar-refractivity contribution in [2.24, 2.45) is 0 Å². The largest absolute Gasteiger partial charge is 0.375 e. The lowest BCUT2D eigenvalue weighted by Gasteiger charge is -2.13. The monoisotopic (exact) mass is 207 g/mol. The first-order valence-corrected chi connectivity index (χ1v) is 5.04. The van der Waals surface area contributed by atoms with E-state index >= 15 is 0 Å². The number of ether oxygens (including phenoxy) is 1. The van der Waals surface area contributed by atoms with Gasteiger partial charge in [-0.05, 0) is 18.9 Å². The number of rotatable bonds is 5. The van der Waals surface area contributed by atoms with Crippen molar-refractivity contribution in [1.29, 1.82) is 0 Å². The van der Waals surface area contributed by atoms with Crippen LogP contribution < -0.4 is 5.32 Å². The van der Waals surface area contributed by atoms with Crippen LogP contribution >= 0.6 is 0 Å². The number of hydrogen-bond donors (Lipinski definition) is 1. The Morgan fingerprint density at radius 3 is 2.67 bits per heavy atom. The lowest BCUT2D eigenvalue weighted by molar-refractivity contribution is -0.125. The van der Waals surface area contributed by atoms with Crippen LogP contribution in [0.5, 0.6) is 0 Å². The maximum absolute atomic E-state index is 11.2. The van der Waals surface area contributed by atoms with E-state index in [4.69, 9.17) is 4.74 Å². The van der Waals surface area contributed by atoms with E-state index < -0.39 is 0 Å². The molecule has 1 atom stereocenters. The maximum atomic E-state index is 11.2. The quantitative estimate of drug-likeness (QED) is 0.792. The molecule has 15 heavy (non-hydrogen) atoms. The lowest BCUT2D eigenvalue weighted by atomic mass is 10.1. The molecule has 0 radical (unpaired) electrons. The Morgan fingerprint density at radius 1 is 1.40 bits per heavy atom. The number of nitrogens with one attached hydrogen (secondary N) is 1. The van der Waals surface area contributed by atoms with Crippen molar-refractivity contribution >= 4 is 5.91 Å². The van der Waals surface area contributed by atoms with Crippen molar-refractivity contribution < 1.29 is 9.53 Å². The Hall–Kier alpha value is -1.35. The summed E-state index contributed by atoms with van der Waals surface area (Å²) in [5.41, 5.74) is 1.22. The third-order valence-electron chi connectivity index (χ3n) is 2.07. The first-order chi connectivity index (χ1) is 7.22. The first kappa shape index (κ1) is 11.7. The highest BCUT2D eigenvalue weighted by atomic mass is 16.5. The Morgan fingerprint density at radius 2 is 2.07 bits per heavy atom. The zero-order valence-corrected chi connectivity index (χ0v) is 9.19. The van der Waals surface area contributed by atoms with Crippen LogP contribution in [0.3, 0.4) is 0 Å². The number of benzene rings is 1. The second kappa shape index (κ2) is 6.19. The van der Waals surface area contributed by atoms with Gasteiger partial charge in [0.05, 0.1) is 0 Å². The van der Waals surface area contributed by atoms with Crippen LogP contribution in [0.1, 0.15) is 12.5 Å². The molecular weight excluding hydrogens is 190 g/mol. The van der Waals surface area contributed by atoms with Crippen LogP contribution in [0.25, 0.3) is 0 Å². The minimum Gasteiger partial charge on any atom is -0.375 e. The normalized spacial score (nSPS) is 12.1. The van der Waals surface area contributed by atoms with E-state index in [1.165, 1.54) is 12.7 Å². The van der Waals surface area contributed by atoms with Crippen molar-refractivity contribution in [2.75, 3.05) is 13.7 Å². The average Bonchev–Trinajstić information content (AvgIpc) is 2.19. The molecule has 0 aliphatic carbocycles. The van der Waals surface area contributed by atoms with Crippen molar-refractivity contribution in [1.82, 2.24) is 5.32 Å². The van der Waals surface area contributed by atoms with Gasteiger partial charge >= 0.3 is 0 Å². The highest BCUT2D eigenvalue weighted by Gasteiger charge is 2.06. The van der Waals surface area contributed by atoms with E-state index in [1.54, 1.807) is 0 Å². The fourth-order valence-electron chi connectivity index (χ4n) is 1.47. The van der Waals surface area contributed by atoms with E-state index in [1.807, 2.05) is 25.1 Å². The molecule has 3 nitrogen and oxygen atoms in total. The molecule has 1 aromatic rings. The molecule has 0 fully saturated rings. The molecule has 0 spiro atoms. The summed E-state index contributed by atoms with van der Waals surface area (Å²) in [7, 11) is 1.52. The molecule has 3 heteroatoms. The third kappa shape index (κ3) is 4.61. The van der Waals surface area contributed by atoms with E-state index in [0.29, 0.717) is 0 Å². The van der Waals surface area contributed by atoms with Gasteiger partial charge in [-0.15, -0.1) is 0 Å². The molecular formula is C12H17NO2. The Balaban J connectivity index is 2.36. The van der Waals surface area contributed by atoms with Crippen LogP contribution in [0.4, 0.5) is 0 Å². The van der Waals surface area contributed by atoms with Gasteiger partial charge in [0.15, 0.2) is 0 Å². The molecule has 1 unspecified atom stereocenters. The summed E-state index contributed by atoms with van der Waals surface area (Å²) in [6.07, 6.45) is 0.844. The van der Waals surface area contributed by atoms with Gasteiger partial charge in [0.1, 0.15) is 6.61 Å². The van der Waals surface area contributed by atoms with Crippen LogP contribution in [-0.4, -0.2) is 25.7 Å². The standard InChI is InChI=1S/C12H17NO2/c1-10(13-12(14)9-15-2)8-11-6-4-3-5-7-11/h3-7,10H,8-9H2,1-2H3,(H,13,14). The predicted molar refractivity (Wildman–Crippen MR) is 59.6 cm³/mol. The van der Waals surface area contributed by atoms with Gasteiger partial charge in [-0.25, -0.2) is 0 Å². The van der Waals surface area contributed by atoms with Gasteiger partial charge in [-0.1, -0.05) is 30.3 Å². The summed E-state index contributed by atoms with van der Waals surface area (Å²) in [5.74, 6) is -0.0686. The van der Waals surface area contributed by atoms with E-state index in [0.717, 1.165) is 6.42 Å². The fourth-order valence-corrected chi connectivity index (χ4v) is 1.47. The molecule has 1 rings (SSSR count). The summed E-state index contributed by atoms with van der Waals surface area (Å²) in [6.45, 7) is 2.11. The maximum Gasteiger partial charge on any atom is 0.246 e. The van der Waals surface area contributed by atoms with Gasteiger partial charge in [-0.3, -0.25) is 4.79 Å². The minimum absolute atomic E-state index is 0.0686. The Kier molecular flexibility index (Phi) is 4.84. The van der Waals surface area contributed by atoms with Gasteiger partial charge in [0, 0.05) is 13.2 Å². The average molecular weight is 207 g/mol. The molecule has 0 saturated heterocycles. The number of hydrogen-bond acceptors (Lipinski definition) is 2. The molecule has 1 amide bonds. The van der Waals surface area contributed by atoms with Crippen LogP contribution in [-0.2, 0) is 16.0 Å². The van der Waals surface area contributed by atoms with Crippen molar-refractivity contribution in [3.05, 3.63) is 35.9 Å². The fraction of sp³-hybridized carbons (Fsp3) is 0.417. The highest BCUT2D eigenvalue weighted by molar-refractivity contribution is 5.77. The van der Waals surface area contributed by atoms with Crippen LogP contribution in [0.15, 0.2) is 30.3 Å². The van der Waals surface area contributed by atoms with Crippen molar-refractivity contribution in [2.45, 2.75) is 19.4 Å². The molecule has 1 aromatic carbocycles. The van der Waals surface area contributed by atoms with E-state index in [2.05, 4.69) is 17.4 Å². The van der Waals surface area contributed by atoms with Crippen molar-refractivity contribution in [3.8, 4) is 0 Å². The minimum atomic E-state index is -0.0686. The lowest BCUT2D eigenvalue weighted by Crippen LogP contribution is -2.36. The predicted octanol–water partition coefficient (Wildman–Crippen LogP) is 1.38. The van der Waals surface area contributed by atoms with E-state index in [-0.39, 0.29) is 18.6 Å². The molecule has 0 bridgehead atoms. The third-order valence-corrected chi connectivity index (χ3v) is 2.07. The summed E-state index contributed by atoms with van der Waals surface area (Å²) < 4.78 is 4.74. The smallest absolute Gasteiger partial charge is 0.246 e. The zero-order chi connectivity index (χ0) is 11.1. The SMILES string of the molecule is COCC(=O)NC(C)Cc1ccccc1. The van der Waals surface area contributed by atoms with Gasteiger partial charge < -0.3 is 10.1 Å². The summed E-state index contributed by atoms with van der Waals surface area (Å²) >= 11 is 0. The number of methoxy groups -OCH3 is 1. The topological polar surface area (TPSA) is 38.3 Å². The summed E-state index contributed by atoms with van der Waals surface area (Å²) in [6, 6.07) is 10.2.